The largest absolute Gasteiger partial charge is 0.480 e. The van der Waals surface area contributed by atoms with Gasteiger partial charge in [-0.2, -0.15) is 0 Å². The fourth-order valence-electron chi connectivity index (χ4n) is 1.39. The molecule has 5 N–H and O–H groups in total. The summed E-state index contributed by atoms with van der Waals surface area (Å²) in [6.07, 6.45) is 1.67. The van der Waals surface area contributed by atoms with E-state index in [-0.39, 0.29) is 0 Å². The molecule has 2 unspecified atom stereocenters. The molecular weight excluding hydrogens is 210 g/mol. The summed E-state index contributed by atoms with van der Waals surface area (Å²) in [6.45, 7) is 2.61. The molecule has 0 aromatic rings. The van der Waals surface area contributed by atoms with Crippen LogP contribution in [-0.2, 0) is 9.59 Å². The molecule has 0 radical (unpaired) electrons. The van der Waals surface area contributed by atoms with Crippen LogP contribution < -0.4 is 16.4 Å². The van der Waals surface area contributed by atoms with E-state index in [4.69, 9.17) is 10.8 Å². The van der Waals surface area contributed by atoms with E-state index in [2.05, 4.69) is 10.6 Å². The van der Waals surface area contributed by atoms with Crippen LogP contribution in [0.4, 0.5) is 0 Å². The average Bonchev–Trinajstić information content (AvgIpc) is 2.22. The van der Waals surface area contributed by atoms with Crippen molar-refractivity contribution >= 4 is 11.9 Å². The summed E-state index contributed by atoms with van der Waals surface area (Å²) in [5.41, 5.74) is 5.14. The van der Waals surface area contributed by atoms with Gasteiger partial charge < -0.3 is 21.5 Å². The summed E-state index contributed by atoms with van der Waals surface area (Å²) in [5, 5.41) is 14.6. The molecule has 0 fully saturated rings. The molecule has 0 aliphatic carbocycles. The van der Waals surface area contributed by atoms with Gasteiger partial charge in [0.2, 0.25) is 5.91 Å². The van der Waals surface area contributed by atoms with E-state index >= 15 is 0 Å². The van der Waals surface area contributed by atoms with Gasteiger partial charge in [0.1, 0.15) is 6.04 Å². The molecule has 16 heavy (non-hydrogen) atoms. The number of nitrogens with one attached hydrogen (secondary N) is 2. The number of aliphatic carboxylic acids is 1. The molecule has 0 spiro atoms. The highest BCUT2D eigenvalue weighted by atomic mass is 16.4. The van der Waals surface area contributed by atoms with Gasteiger partial charge in [0.05, 0.1) is 6.04 Å². The Balaban J connectivity index is 4.09. The van der Waals surface area contributed by atoms with E-state index in [0.717, 1.165) is 6.42 Å². The molecule has 0 aromatic carbocycles. The number of nitrogens with two attached hydrogens (primary N) is 1. The lowest BCUT2D eigenvalue weighted by Crippen LogP contribution is -2.43. The molecule has 1 amide bonds. The first-order valence-corrected chi connectivity index (χ1v) is 5.45. The maximum absolute atomic E-state index is 10.9. The summed E-state index contributed by atoms with van der Waals surface area (Å²) in [6, 6.07) is -1.08. The zero-order chi connectivity index (χ0) is 12.6. The molecule has 0 aromatic heterocycles. The number of likely N-dealkylation sites (N-methyl/N-ethyl adjacent to an activating group) is 1. The third kappa shape index (κ3) is 5.67. The third-order valence-corrected chi connectivity index (χ3v) is 2.37. The molecule has 0 aliphatic rings. The van der Waals surface area contributed by atoms with Crippen molar-refractivity contribution in [2.75, 3.05) is 13.6 Å². The molecule has 0 rings (SSSR count). The van der Waals surface area contributed by atoms with Crippen molar-refractivity contribution < 1.29 is 14.7 Å². The van der Waals surface area contributed by atoms with Gasteiger partial charge in [-0.15, -0.1) is 0 Å². The predicted molar refractivity (Wildman–Crippen MR) is 61.0 cm³/mol. The molecule has 0 heterocycles. The van der Waals surface area contributed by atoms with Crippen molar-refractivity contribution in [1.82, 2.24) is 10.6 Å². The lowest BCUT2D eigenvalue weighted by molar-refractivity contribution is -0.139. The number of carboxylic acids is 1. The van der Waals surface area contributed by atoms with Crippen LogP contribution in [0.5, 0.6) is 0 Å². The molecule has 6 heteroatoms. The normalized spacial score (nSPS) is 14.4. The van der Waals surface area contributed by atoms with Gasteiger partial charge in [-0.25, -0.2) is 0 Å². The van der Waals surface area contributed by atoms with E-state index < -0.39 is 24.0 Å². The first-order chi connectivity index (χ1) is 7.52. The van der Waals surface area contributed by atoms with E-state index in [9.17, 15) is 9.59 Å². The van der Waals surface area contributed by atoms with Crippen LogP contribution in [0.25, 0.3) is 0 Å². The third-order valence-electron chi connectivity index (χ3n) is 2.37. The maximum atomic E-state index is 10.9. The first-order valence-electron chi connectivity index (χ1n) is 5.45. The van der Waals surface area contributed by atoms with Crippen LogP contribution in [0.1, 0.15) is 26.2 Å². The maximum Gasteiger partial charge on any atom is 0.320 e. The van der Waals surface area contributed by atoms with Crippen LogP contribution in [0.2, 0.25) is 0 Å². The SMILES string of the molecule is CCCNC(CCC(NC)C(N)=O)C(=O)O. The number of hydrogen-bond donors (Lipinski definition) is 4. The van der Waals surface area contributed by atoms with Gasteiger partial charge in [-0.05, 0) is 32.9 Å². The second kappa shape index (κ2) is 8.06. The van der Waals surface area contributed by atoms with Gasteiger partial charge >= 0.3 is 5.97 Å². The minimum atomic E-state index is -0.896. The van der Waals surface area contributed by atoms with Crippen molar-refractivity contribution in [3.63, 3.8) is 0 Å². The lowest BCUT2D eigenvalue weighted by Gasteiger charge is -2.17. The lowest BCUT2D eigenvalue weighted by atomic mass is 10.1. The van der Waals surface area contributed by atoms with Crippen molar-refractivity contribution in [2.45, 2.75) is 38.3 Å². The van der Waals surface area contributed by atoms with E-state index in [1.54, 1.807) is 7.05 Å². The Morgan fingerprint density at radius 1 is 1.31 bits per heavy atom. The highest BCUT2D eigenvalue weighted by molar-refractivity contribution is 5.80. The summed E-state index contributed by atoms with van der Waals surface area (Å²) in [7, 11) is 1.63. The van der Waals surface area contributed by atoms with Crippen molar-refractivity contribution in [3.8, 4) is 0 Å². The predicted octanol–water partition coefficient (Wildman–Crippen LogP) is -0.707. The number of carbonyl (C=O) groups excluding carboxylic acids is 1. The van der Waals surface area contributed by atoms with Gasteiger partial charge in [0.25, 0.3) is 0 Å². The quantitative estimate of drug-likeness (QED) is 0.420. The highest BCUT2D eigenvalue weighted by Crippen LogP contribution is 2.02. The molecule has 0 saturated heterocycles. The van der Waals surface area contributed by atoms with Gasteiger partial charge in [0.15, 0.2) is 0 Å². The van der Waals surface area contributed by atoms with E-state index in [0.29, 0.717) is 19.4 Å². The summed E-state index contributed by atoms with van der Waals surface area (Å²) >= 11 is 0. The number of carbonyl (C=O) groups is 2. The Labute approximate surface area is 95.6 Å². The zero-order valence-corrected chi connectivity index (χ0v) is 9.82. The Morgan fingerprint density at radius 2 is 1.88 bits per heavy atom. The van der Waals surface area contributed by atoms with Crippen LogP contribution in [0.15, 0.2) is 0 Å². The van der Waals surface area contributed by atoms with Gasteiger partial charge in [-0.1, -0.05) is 6.92 Å². The molecule has 94 valence electrons. The van der Waals surface area contributed by atoms with Crippen LogP contribution >= 0.6 is 0 Å². The number of primary amides is 1. The Hall–Kier alpha value is -1.14. The second-order valence-corrected chi connectivity index (χ2v) is 3.67. The number of carboxylic acid groups (broad SMARTS) is 1. The molecule has 0 aliphatic heterocycles. The summed E-state index contributed by atoms with van der Waals surface area (Å²) < 4.78 is 0. The summed E-state index contributed by atoms with van der Waals surface area (Å²) in [5.74, 6) is -1.35. The van der Waals surface area contributed by atoms with E-state index in [1.165, 1.54) is 0 Å². The molecule has 6 nitrogen and oxygen atoms in total. The molecule has 2 atom stereocenters. The molecular formula is C10H21N3O3. The van der Waals surface area contributed by atoms with Crippen LogP contribution in [0.3, 0.4) is 0 Å². The highest BCUT2D eigenvalue weighted by Gasteiger charge is 2.20. The van der Waals surface area contributed by atoms with Crippen molar-refractivity contribution in [1.29, 1.82) is 0 Å². The minimum Gasteiger partial charge on any atom is -0.480 e. The van der Waals surface area contributed by atoms with Crippen molar-refractivity contribution in [2.24, 2.45) is 5.73 Å². The van der Waals surface area contributed by atoms with Crippen LogP contribution in [0, 0.1) is 0 Å². The Bertz CT molecular complexity index is 233. The number of amides is 1. The fraction of sp³-hybridized carbons (Fsp3) is 0.800. The fourth-order valence-corrected chi connectivity index (χ4v) is 1.39. The molecule has 0 saturated carbocycles. The standard InChI is InChI=1S/C10H21N3O3/c1-3-6-13-8(10(15)16)5-4-7(12-2)9(11)14/h7-8,12-13H,3-6H2,1-2H3,(H2,11,14)(H,15,16). The summed E-state index contributed by atoms with van der Waals surface area (Å²) in [4.78, 5) is 21.8. The topological polar surface area (TPSA) is 104 Å². The number of rotatable bonds is 9. The average molecular weight is 231 g/mol. The second-order valence-electron chi connectivity index (χ2n) is 3.67. The van der Waals surface area contributed by atoms with Gasteiger partial charge in [-0.3, -0.25) is 9.59 Å². The molecule has 0 bridgehead atoms. The zero-order valence-electron chi connectivity index (χ0n) is 9.82. The van der Waals surface area contributed by atoms with Crippen molar-refractivity contribution in [3.05, 3.63) is 0 Å². The monoisotopic (exact) mass is 231 g/mol. The Morgan fingerprint density at radius 3 is 2.25 bits per heavy atom. The van der Waals surface area contributed by atoms with Gasteiger partial charge in [0, 0.05) is 0 Å². The smallest absolute Gasteiger partial charge is 0.320 e. The number of hydrogen-bond acceptors (Lipinski definition) is 4. The van der Waals surface area contributed by atoms with Crippen LogP contribution in [-0.4, -0.2) is 42.7 Å². The first kappa shape index (κ1) is 14.9. The Kier molecular flexibility index (Phi) is 7.49. The minimum absolute atomic E-state index is 0.379. The van der Waals surface area contributed by atoms with E-state index in [1.807, 2.05) is 6.92 Å².